The fraction of sp³-hybridized carbons (Fsp3) is 0.921. The SMILES string of the molecule is CCCCCCCCCCCCCC/C=C/C(O)C(CO)NC(=O)CCCCCCCCCCCCCCCCCCC/C=C\CCCCCCCCCCCCCCCCCCOC(=O)CCCCCCCCCCCCCCCC. The van der Waals surface area contributed by atoms with Crippen LogP contribution in [0.2, 0.25) is 0 Å². The van der Waals surface area contributed by atoms with Gasteiger partial charge in [0.25, 0.3) is 0 Å². The van der Waals surface area contributed by atoms with Crippen molar-refractivity contribution in [2.24, 2.45) is 0 Å². The summed E-state index contributed by atoms with van der Waals surface area (Å²) in [7, 11) is 0. The summed E-state index contributed by atoms with van der Waals surface area (Å²) in [5.74, 6) is -0.0374. The lowest BCUT2D eigenvalue weighted by atomic mass is 10.0. The monoisotopic (exact) mass is 1150 g/mol. The minimum atomic E-state index is -0.841. The van der Waals surface area contributed by atoms with E-state index in [1.807, 2.05) is 6.08 Å². The lowest BCUT2D eigenvalue weighted by molar-refractivity contribution is -0.143. The molecular formula is C76H147NO5. The van der Waals surface area contributed by atoms with Gasteiger partial charge in [0.15, 0.2) is 0 Å². The van der Waals surface area contributed by atoms with Crippen LogP contribution in [0.3, 0.4) is 0 Å². The van der Waals surface area contributed by atoms with E-state index in [9.17, 15) is 19.8 Å². The van der Waals surface area contributed by atoms with Crippen molar-refractivity contribution in [1.29, 1.82) is 0 Å². The normalized spacial score (nSPS) is 12.6. The Morgan fingerprint density at radius 2 is 0.573 bits per heavy atom. The van der Waals surface area contributed by atoms with Crippen molar-refractivity contribution in [2.75, 3.05) is 13.2 Å². The number of esters is 1. The molecule has 0 saturated heterocycles. The Morgan fingerprint density at radius 3 is 0.866 bits per heavy atom. The highest BCUT2D eigenvalue weighted by atomic mass is 16.5. The van der Waals surface area contributed by atoms with Gasteiger partial charge in [-0.05, 0) is 57.8 Å². The second-order valence-electron chi connectivity index (χ2n) is 26.0. The summed E-state index contributed by atoms with van der Waals surface area (Å²) in [6.07, 6.45) is 91.5. The first-order chi connectivity index (χ1) is 40.5. The zero-order valence-electron chi connectivity index (χ0n) is 55.8. The van der Waals surface area contributed by atoms with Gasteiger partial charge in [0.05, 0.1) is 25.4 Å². The van der Waals surface area contributed by atoms with Crippen molar-refractivity contribution in [3.05, 3.63) is 24.3 Å². The topological polar surface area (TPSA) is 95.9 Å². The Kier molecular flexibility index (Phi) is 70.4. The van der Waals surface area contributed by atoms with Crippen molar-refractivity contribution in [1.82, 2.24) is 5.32 Å². The zero-order valence-corrected chi connectivity index (χ0v) is 55.8. The molecule has 0 spiro atoms. The van der Waals surface area contributed by atoms with Crippen LogP contribution in [0, 0.1) is 0 Å². The Labute approximate surface area is 513 Å². The third kappa shape index (κ3) is 67.5. The lowest BCUT2D eigenvalue weighted by Crippen LogP contribution is -2.45. The smallest absolute Gasteiger partial charge is 0.305 e. The molecule has 3 N–H and O–H groups in total. The number of aliphatic hydroxyl groups is 2. The number of allylic oxidation sites excluding steroid dienone is 3. The van der Waals surface area contributed by atoms with Gasteiger partial charge < -0.3 is 20.3 Å². The summed E-state index contributed by atoms with van der Waals surface area (Å²) in [6.45, 7) is 4.94. The predicted octanol–water partition coefficient (Wildman–Crippen LogP) is 24.5. The molecule has 0 rings (SSSR count). The average Bonchev–Trinajstić information content (AvgIpc) is 3.48. The molecule has 0 aromatic heterocycles. The molecule has 1 amide bonds. The molecule has 2 unspecified atom stereocenters. The molecule has 0 aromatic rings. The third-order valence-electron chi connectivity index (χ3n) is 17.7. The Balaban J connectivity index is 3.33. The van der Waals surface area contributed by atoms with Gasteiger partial charge in [0.2, 0.25) is 5.91 Å². The molecule has 0 aromatic carbocycles. The van der Waals surface area contributed by atoms with Crippen LogP contribution in [-0.4, -0.2) is 47.4 Å². The van der Waals surface area contributed by atoms with Crippen molar-refractivity contribution in [3.8, 4) is 0 Å². The highest BCUT2D eigenvalue weighted by molar-refractivity contribution is 5.76. The molecule has 0 fully saturated rings. The molecule has 82 heavy (non-hydrogen) atoms. The third-order valence-corrected chi connectivity index (χ3v) is 17.7. The summed E-state index contributed by atoms with van der Waals surface area (Å²) in [5.41, 5.74) is 0. The van der Waals surface area contributed by atoms with E-state index in [-0.39, 0.29) is 18.5 Å². The minimum Gasteiger partial charge on any atom is -0.466 e. The molecule has 0 heterocycles. The van der Waals surface area contributed by atoms with Gasteiger partial charge in [0.1, 0.15) is 0 Å². The number of amides is 1. The second-order valence-corrected chi connectivity index (χ2v) is 26.0. The first kappa shape index (κ1) is 80.3. The standard InChI is InChI=1S/C76H147NO5/c1-3-5-7-9-11-13-15-17-44-48-52-56-60-64-68-74(79)73(72-78)77-75(80)69-65-61-57-53-49-45-42-40-38-36-34-32-30-28-26-24-22-20-19-21-23-25-27-29-31-33-35-37-39-41-43-47-51-55-59-63-67-71-82-76(81)70-66-62-58-54-50-46-18-16-14-12-10-8-6-4-2/h19,21,64,68,73-74,78-79H,3-18,20,22-63,65-67,69-72H2,1-2H3,(H,77,80)/b21-19-,68-64+. The second kappa shape index (κ2) is 71.8. The molecule has 0 radical (unpaired) electrons. The van der Waals surface area contributed by atoms with E-state index in [0.29, 0.717) is 19.4 Å². The quantitative estimate of drug-likeness (QED) is 0.0320. The first-order valence-corrected chi connectivity index (χ1v) is 37.6. The van der Waals surface area contributed by atoms with E-state index < -0.39 is 12.1 Å². The van der Waals surface area contributed by atoms with Crippen molar-refractivity contribution in [2.45, 2.75) is 437 Å². The van der Waals surface area contributed by atoms with Crippen molar-refractivity contribution in [3.63, 3.8) is 0 Å². The Morgan fingerprint density at radius 1 is 0.329 bits per heavy atom. The number of nitrogens with one attached hydrogen (secondary N) is 1. The maximum Gasteiger partial charge on any atom is 0.305 e. The largest absolute Gasteiger partial charge is 0.466 e. The van der Waals surface area contributed by atoms with Gasteiger partial charge in [-0.2, -0.15) is 0 Å². The summed E-state index contributed by atoms with van der Waals surface area (Å²) < 4.78 is 5.50. The molecule has 0 aliphatic carbocycles. The van der Waals surface area contributed by atoms with E-state index in [2.05, 4.69) is 31.3 Å². The summed E-state index contributed by atoms with van der Waals surface area (Å²) in [4.78, 5) is 24.6. The van der Waals surface area contributed by atoms with E-state index in [0.717, 1.165) is 38.5 Å². The van der Waals surface area contributed by atoms with Crippen LogP contribution >= 0.6 is 0 Å². The first-order valence-electron chi connectivity index (χ1n) is 37.6. The number of ether oxygens (including phenoxy) is 1. The number of rotatable bonds is 71. The van der Waals surface area contributed by atoms with Gasteiger partial charge in [-0.1, -0.05) is 378 Å². The predicted molar refractivity (Wildman–Crippen MR) is 361 cm³/mol. The minimum absolute atomic E-state index is 0.0242. The molecule has 0 bridgehead atoms. The summed E-state index contributed by atoms with van der Waals surface area (Å²) in [6, 6.07) is -0.624. The van der Waals surface area contributed by atoms with Gasteiger partial charge in [0, 0.05) is 12.8 Å². The van der Waals surface area contributed by atoms with Crippen LogP contribution in [-0.2, 0) is 14.3 Å². The van der Waals surface area contributed by atoms with Crippen LogP contribution in [0.1, 0.15) is 425 Å². The maximum absolute atomic E-state index is 12.5. The molecule has 0 saturated carbocycles. The number of unbranched alkanes of at least 4 members (excludes halogenated alkanes) is 58. The highest BCUT2D eigenvalue weighted by Crippen LogP contribution is 2.19. The number of aliphatic hydroxyl groups excluding tert-OH is 2. The summed E-state index contributed by atoms with van der Waals surface area (Å²) >= 11 is 0. The van der Waals surface area contributed by atoms with Crippen molar-refractivity contribution >= 4 is 11.9 Å². The molecule has 486 valence electrons. The van der Waals surface area contributed by atoms with Gasteiger partial charge in [-0.25, -0.2) is 0 Å². The van der Waals surface area contributed by atoms with Gasteiger partial charge in [-0.15, -0.1) is 0 Å². The molecule has 6 nitrogen and oxygen atoms in total. The van der Waals surface area contributed by atoms with Crippen LogP contribution in [0.15, 0.2) is 24.3 Å². The lowest BCUT2D eigenvalue weighted by Gasteiger charge is -2.20. The average molecular weight is 1160 g/mol. The van der Waals surface area contributed by atoms with E-state index in [1.54, 1.807) is 6.08 Å². The number of carbonyl (C=O) groups excluding carboxylic acids is 2. The zero-order chi connectivity index (χ0) is 59.2. The van der Waals surface area contributed by atoms with E-state index in [1.165, 1.54) is 360 Å². The Hall–Kier alpha value is -1.66. The highest BCUT2D eigenvalue weighted by Gasteiger charge is 2.18. The number of hydrogen-bond acceptors (Lipinski definition) is 5. The van der Waals surface area contributed by atoms with E-state index in [4.69, 9.17) is 4.74 Å². The summed E-state index contributed by atoms with van der Waals surface area (Å²) in [5, 5.41) is 23.2. The number of carbonyl (C=O) groups is 2. The van der Waals surface area contributed by atoms with Crippen molar-refractivity contribution < 1.29 is 24.5 Å². The molecular weight excluding hydrogens is 1010 g/mol. The fourth-order valence-electron chi connectivity index (χ4n) is 12.0. The molecule has 0 aliphatic heterocycles. The van der Waals surface area contributed by atoms with Crippen LogP contribution < -0.4 is 5.32 Å². The number of hydrogen-bond donors (Lipinski definition) is 3. The van der Waals surface area contributed by atoms with Crippen LogP contribution in [0.5, 0.6) is 0 Å². The molecule has 6 heteroatoms. The Bertz CT molecular complexity index is 1280. The molecule has 0 aliphatic rings. The van der Waals surface area contributed by atoms with Gasteiger partial charge in [-0.3, -0.25) is 9.59 Å². The van der Waals surface area contributed by atoms with Crippen LogP contribution in [0.4, 0.5) is 0 Å². The van der Waals surface area contributed by atoms with Gasteiger partial charge >= 0.3 is 5.97 Å². The fourth-order valence-corrected chi connectivity index (χ4v) is 12.0. The van der Waals surface area contributed by atoms with E-state index >= 15 is 0 Å². The maximum atomic E-state index is 12.5. The molecule has 2 atom stereocenters. The van der Waals surface area contributed by atoms with Crippen LogP contribution in [0.25, 0.3) is 0 Å².